The predicted molar refractivity (Wildman–Crippen MR) is 49.5 cm³/mol. The molecule has 12 heavy (non-hydrogen) atoms. The molecule has 66 valence electrons. The number of H-pyrrole nitrogens is 1. The largest absolute Gasteiger partial charge is 0.371 e. The van der Waals surface area contributed by atoms with Crippen LogP contribution in [0.3, 0.4) is 0 Å². The maximum Gasteiger partial charge on any atom is 0.151 e. The summed E-state index contributed by atoms with van der Waals surface area (Å²) < 4.78 is 0. The molecule has 0 saturated heterocycles. The van der Waals surface area contributed by atoms with Crippen LogP contribution in [0.4, 0.5) is 5.82 Å². The van der Waals surface area contributed by atoms with Gasteiger partial charge >= 0.3 is 0 Å². The van der Waals surface area contributed by atoms with E-state index in [1.807, 2.05) is 7.05 Å². The van der Waals surface area contributed by atoms with Crippen LogP contribution in [-0.4, -0.2) is 17.2 Å². The quantitative estimate of drug-likeness (QED) is 0.664. The lowest BCUT2D eigenvalue weighted by Gasteiger charge is -2.15. The third kappa shape index (κ3) is 0.854. The van der Waals surface area contributed by atoms with Gasteiger partial charge in [-0.25, -0.2) is 0 Å². The molecule has 0 aromatic carbocycles. The fourth-order valence-corrected chi connectivity index (χ4v) is 1.94. The highest BCUT2D eigenvalue weighted by atomic mass is 15.2. The highest BCUT2D eigenvalue weighted by Gasteiger charge is 2.33. The van der Waals surface area contributed by atoms with Gasteiger partial charge in [-0.1, -0.05) is 13.8 Å². The summed E-state index contributed by atoms with van der Waals surface area (Å²) in [6.07, 6.45) is 2.38. The smallest absolute Gasteiger partial charge is 0.151 e. The van der Waals surface area contributed by atoms with Crippen molar-refractivity contribution < 1.29 is 0 Å². The minimum Gasteiger partial charge on any atom is -0.371 e. The third-order valence-electron chi connectivity index (χ3n) is 2.78. The van der Waals surface area contributed by atoms with Crippen LogP contribution in [0.5, 0.6) is 0 Å². The van der Waals surface area contributed by atoms with Gasteiger partial charge in [0, 0.05) is 23.7 Å². The molecule has 0 bridgehead atoms. The van der Waals surface area contributed by atoms with Crippen molar-refractivity contribution in [2.24, 2.45) is 0 Å². The first-order valence-electron chi connectivity index (χ1n) is 4.40. The molecule has 1 aromatic heterocycles. The van der Waals surface area contributed by atoms with Gasteiger partial charge in [0.25, 0.3) is 0 Å². The van der Waals surface area contributed by atoms with Crippen LogP contribution in [0, 0.1) is 0 Å². The molecule has 3 heteroatoms. The van der Waals surface area contributed by atoms with E-state index in [-0.39, 0.29) is 5.41 Å². The van der Waals surface area contributed by atoms with Crippen molar-refractivity contribution in [3.05, 3.63) is 11.3 Å². The zero-order valence-electron chi connectivity index (χ0n) is 7.86. The van der Waals surface area contributed by atoms with E-state index in [9.17, 15) is 0 Å². The minimum absolute atomic E-state index is 0.289. The Kier molecular flexibility index (Phi) is 1.43. The number of rotatable bonds is 1. The van der Waals surface area contributed by atoms with Crippen LogP contribution in [0.1, 0.15) is 31.5 Å². The van der Waals surface area contributed by atoms with Gasteiger partial charge in [0.1, 0.15) is 0 Å². The van der Waals surface area contributed by atoms with Crippen LogP contribution in [0.2, 0.25) is 0 Å². The molecule has 0 unspecified atom stereocenters. The summed E-state index contributed by atoms with van der Waals surface area (Å²) in [4.78, 5) is 0. The van der Waals surface area contributed by atoms with E-state index in [2.05, 4.69) is 29.4 Å². The number of fused-ring (bicyclic) bond motifs is 1. The Hall–Kier alpha value is -0.990. The molecule has 0 saturated carbocycles. The van der Waals surface area contributed by atoms with E-state index in [0.717, 1.165) is 12.2 Å². The van der Waals surface area contributed by atoms with Crippen LogP contribution in [0.25, 0.3) is 0 Å². The van der Waals surface area contributed by atoms with Gasteiger partial charge in [0.15, 0.2) is 5.82 Å². The standard InChI is InChI=1S/C9H15N3/c1-9(2)5-4-6-7(9)11-12-8(6)10-3/h4-5H2,1-3H3,(H2,10,11,12). The summed E-state index contributed by atoms with van der Waals surface area (Å²) in [5.74, 6) is 1.02. The first kappa shape index (κ1) is 7.65. The Labute approximate surface area is 72.6 Å². The van der Waals surface area contributed by atoms with Crippen LogP contribution < -0.4 is 5.32 Å². The lowest BCUT2D eigenvalue weighted by molar-refractivity contribution is 0.504. The summed E-state index contributed by atoms with van der Waals surface area (Å²) >= 11 is 0. The lowest BCUT2D eigenvalue weighted by Crippen LogP contribution is -2.12. The minimum atomic E-state index is 0.289. The second-order valence-electron chi connectivity index (χ2n) is 4.06. The van der Waals surface area contributed by atoms with Crippen molar-refractivity contribution in [2.45, 2.75) is 32.1 Å². The van der Waals surface area contributed by atoms with E-state index in [4.69, 9.17) is 0 Å². The zero-order chi connectivity index (χ0) is 8.77. The molecule has 1 aliphatic carbocycles. The van der Waals surface area contributed by atoms with Crippen LogP contribution in [0.15, 0.2) is 0 Å². The van der Waals surface area contributed by atoms with Gasteiger partial charge in [-0.15, -0.1) is 0 Å². The van der Waals surface area contributed by atoms with E-state index in [1.165, 1.54) is 17.7 Å². The number of aromatic amines is 1. The second kappa shape index (κ2) is 2.25. The summed E-state index contributed by atoms with van der Waals surface area (Å²) in [5.41, 5.74) is 2.98. The summed E-state index contributed by atoms with van der Waals surface area (Å²) in [5, 5.41) is 10.4. The molecular formula is C9H15N3. The van der Waals surface area contributed by atoms with Gasteiger partial charge in [-0.3, -0.25) is 5.10 Å². The van der Waals surface area contributed by atoms with E-state index >= 15 is 0 Å². The van der Waals surface area contributed by atoms with E-state index in [1.54, 1.807) is 0 Å². The Morgan fingerprint density at radius 3 is 2.92 bits per heavy atom. The topological polar surface area (TPSA) is 40.7 Å². The third-order valence-corrected chi connectivity index (χ3v) is 2.78. The highest BCUT2D eigenvalue weighted by molar-refractivity contribution is 5.50. The van der Waals surface area contributed by atoms with Crippen molar-refractivity contribution >= 4 is 5.82 Å². The lowest BCUT2D eigenvalue weighted by atomic mass is 9.91. The van der Waals surface area contributed by atoms with Crippen molar-refractivity contribution in [2.75, 3.05) is 12.4 Å². The van der Waals surface area contributed by atoms with Crippen molar-refractivity contribution in [3.8, 4) is 0 Å². The number of anilines is 1. The molecule has 1 aromatic rings. The molecular weight excluding hydrogens is 150 g/mol. The Morgan fingerprint density at radius 2 is 2.25 bits per heavy atom. The fourth-order valence-electron chi connectivity index (χ4n) is 1.94. The maximum absolute atomic E-state index is 4.22. The maximum atomic E-state index is 4.22. The first-order valence-corrected chi connectivity index (χ1v) is 4.40. The Balaban J connectivity index is 2.49. The molecule has 2 rings (SSSR count). The van der Waals surface area contributed by atoms with Crippen molar-refractivity contribution in [3.63, 3.8) is 0 Å². The number of nitrogens with one attached hydrogen (secondary N) is 2. The number of aromatic nitrogens is 2. The average Bonchev–Trinajstić information content (AvgIpc) is 2.53. The monoisotopic (exact) mass is 165 g/mol. The number of hydrogen-bond acceptors (Lipinski definition) is 2. The van der Waals surface area contributed by atoms with Gasteiger partial charge in [0.2, 0.25) is 0 Å². The number of nitrogens with zero attached hydrogens (tertiary/aromatic N) is 1. The molecule has 0 fully saturated rings. The molecule has 0 radical (unpaired) electrons. The van der Waals surface area contributed by atoms with E-state index in [0.29, 0.717) is 0 Å². The van der Waals surface area contributed by atoms with Crippen LogP contribution in [-0.2, 0) is 11.8 Å². The average molecular weight is 165 g/mol. The molecule has 0 aliphatic heterocycles. The molecule has 0 amide bonds. The summed E-state index contributed by atoms with van der Waals surface area (Å²) in [6.45, 7) is 4.52. The van der Waals surface area contributed by atoms with Gasteiger partial charge < -0.3 is 5.32 Å². The first-order chi connectivity index (χ1) is 5.65. The molecule has 1 aliphatic rings. The Morgan fingerprint density at radius 1 is 1.50 bits per heavy atom. The Bertz CT molecular complexity index is 299. The summed E-state index contributed by atoms with van der Waals surface area (Å²) in [6, 6.07) is 0. The summed E-state index contributed by atoms with van der Waals surface area (Å²) in [7, 11) is 1.92. The predicted octanol–water partition coefficient (Wildman–Crippen LogP) is 1.68. The zero-order valence-corrected chi connectivity index (χ0v) is 7.86. The van der Waals surface area contributed by atoms with Crippen LogP contribution >= 0.6 is 0 Å². The normalized spacial score (nSPS) is 19.2. The van der Waals surface area contributed by atoms with Crippen molar-refractivity contribution in [1.82, 2.24) is 10.2 Å². The highest BCUT2D eigenvalue weighted by Crippen LogP contribution is 2.39. The van der Waals surface area contributed by atoms with Gasteiger partial charge in [-0.2, -0.15) is 5.10 Å². The molecule has 0 atom stereocenters. The van der Waals surface area contributed by atoms with Gasteiger partial charge in [0.05, 0.1) is 0 Å². The second-order valence-corrected chi connectivity index (χ2v) is 4.06. The molecule has 2 N–H and O–H groups in total. The fraction of sp³-hybridized carbons (Fsp3) is 0.667. The van der Waals surface area contributed by atoms with Gasteiger partial charge in [-0.05, 0) is 12.8 Å². The molecule has 0 spiro atoms. The van der Waals surface area contributed by atoms with E-state index < -0.39 is 0 Å². The number of hydrogen-bond donors (Lipinski definition) is 2. The molecule has 3 nitrogen and oxygen atoms in total. The molecule has 1 heterocycles. The SMILES string of the molecule is CNc1n[nH]c2c1CCC2(C)C. The van der Waals surface area contributed by atoms with Crippen molar-refractivity contribution in [1.29, 1.82) is 0 Å².